The minimum atomic E-state index is -0.653. The molecule has 12 nitrogen and oxygen atoms in total. The van der Waals surface area contributed by atoms with Gasteiger partial charge in [0.25, 0.3) is 5.91 Å². The zero-order chi connectivity index (χ0) is 37.2. The molecular weight excluding hydrogens is 683 g/mol. The molecule has 0 bridgehead atoms. The first-order chi connectivity index (χ1) is 26.4. The number of benzene rings is 3. The molecule has 4 amide bonds. The molecule has 4 aliphatic rings. The third-order valence-electron chi connectivity index (χ3n) is 11.3. The van der Waals surface area contributed by atoms with Crippen molar-refractivity contribution in [3.63, 3.8) is 0 Å². The van der Waals surface area contributed by atoms with Crippen molar-refractivity contribution < 1.29 is 24.3 Å². The van der Waals surface area contributed by atoms with E-state index in [1.54, 1.807) is 11.0 Å². The van der Waals surface area contributed by atoms with Gasteiger partial charge >= 0.3 is 0 Å². The van der Waals surface area contributed by atoms with Crippen LogP contribution >= 0.6 is 0 Å². The van der Waals surface area contributed by atoms with Gasteiger partial charge in [-0.1, -0.05) is 24.3 Å². The third kappa shape index (κ3) is 7.19. The lowest BCUT2D eigenvalue weighted by Gasteiger charge is -2.39. The SMILES string of the molecule is O=C1CCC(N2Cc3c(NCCCCC(=O)Nc4cccc(-c5ccc6c(c5)[C@H]5[C@H](CCN5Cc5ccncc5)[C@@H](CO)N6)c4)cccc3C2=O)C(=O)N1. The number of hydrogen-bond acceptors (Lipinski definition) is 9. The number of nitrogens with one attached hydrogen (secondary N) is 4. The fourth-order valence-corrected chi connectivity index (χ4v) is 8.62. The van der Waals surface area contributed by atoms with Crippen molar-refractivity contribution in [1.29, 1.82) is 0 Å². The van der Waals surface area contributed by atoms with Gasteiger partial charge in [0.15, 0.2) is 0 Å². The van der Waals surface area contributed by atoms with Crippen molar-refractivity contribution in [2.24, 2.45) is 5.92 Å². The van der Waals surface area contributed by atoms with Gasteiger partial charge in [-0.3, -0.25) is 34.4 Å². The Balaban J connectivity index is 0.862. The van der Waals surface area contributed by atoms with Crippen molar-refractivity contribution in [2.75, 3.05) is 35.6 Å². The molecule has 278 valence electrons. The van der Waals surface area contributed by atoms with E-state index in [1.807, 2.05) is 42.7 Å². The highest BCUT2D eigenvalue weighted by atomic mass is 16.3. The average molecular weight is 728 g/mol. The molecular formula is C42H45N7O5. The predicted octanol–water partition coefficient (Wildman–Crippen LogP) is 5.08. The molecule has 5 heterocycles. The molecule has 2 fully saturated rings. The van der Waals surface area contributed by atoms with E-state index >= 15 is 0 Å². The minimum absolute atomic E-state index is 0.00709. The number of carbonyl (C=O) groups is 4. The number of anilines is 3. The summed E-state index contributed by atoms with van der Waals surface area (Å²) in [4.78, 5) is 58.5. The Morgan fingerprint density at radius 2 is 1.78 bits per heavy atom. The summed E-state index contributed by atoms with van der Waals surface area (Å²) in [6.07, 6.45) is 7.02. The van der Waals surface area contributed by atoms with Crippen molar-refractivity contribution in [2.45, 2.75) is 69.7 Å². The van der Waals surface area contributed by atoms with E-state index in [9.17, 15) is 24.3 Å². The summed E-state index contributed by atoms with van der Waals surface area (Å²) < 4.78 is 0. The maximum absolute atomic E-state index is 13.1. The van der Waals surface area contributed by atoms with Gasteiger partial charge in [-0.15, -0.1) is 0 Å². The number of piperidine rings is 1. The van der Waals surface area contributed by atoms with E-state index in [0.717, 1.165) is 59.7 Å². The number of likely N-dealkylation sites (tertiary alicyclic amines) is 1. The second-order valence-electron chi connectivity index (χ2n) is 14.7. The van der Waals surface area contributed by atoms with Gasteiger partial charge in [0.2, 0.25) is 17.7 Å². The molecule has 4 atom stereocenters. The van der Waals surface area contributed by atoms with Crippen molar-refractivity contribution >= 4 is 40.7 Å². The number of aliphatic hydroxyl groups excluding tert-OH is 1. The summed E-state index contributed by atoms with van der Waals surface area (Å²) in [5.74, 6) is -0.683. The molecule has 4 aromatic rings. The fourth-order valence-electron chi connectivity index (χ4n) is 8.62. The van der Waals surface area contributed by atoms with Crippen LogP contribution in [0.2, 0.25) is 0 Å². The molecule has 4 aliphatic heterocycles. The molecule has 0 spiro atoms. The molecule has 5 N–H and O–H groups in total. The van der Waals surface area contributed by atoms with Crippen molar-refractivity contribution in [1.82, 2.24) is 20.1 Å². The number of imide groups is 1. The van der Waals surface area contributed by atoms with Gasteiger partial charge in [0.1, 0.15) is 6.04 Å². The van der Waals surface area contributed by atoms with E-state index < -0.39 is 11.9 Å². The van der Waals surface area contributed by atoms with Crippen LogP contribution < -0.4 is 21.3 Å². The van der Waals surface area contributed by atoms with E-state index in [0.29, 0.717) is 43.8 Å². The number of fused-ring (bicyclic) bond motifs is 4. The zero-order valence-electron chi connectivity index (χ0n) is 30.1. The normalized spacial score (nSPS) is 21.9. The third-order valence-corrected chi connectivity index (χ3v) is 11.3. The smallest absolute Gasteiger partial charge is 0.255 e. The highest BCUT2D eigenvalue weighted by Gasteiger charge is 2.44. The van der Waals surface area contributed by atoms with Gasteiger partial charge in [0, 0.05) is 85.0 Å². The largest absolute Gasteiger partial charge is 0.394 e. The molecule has 12 heteroatoms. The number of rotatable bonds is 12. The lowest BCUT2D eigenvalue weighted by Crippen LogP contribution is -2.52. The first kappa shape index (κ1) is 35.4. The van der Waals surface area contributed by atoms with Crippen LogP contribution in [0.4, 0.5) is 17.1 Å². The molecule has 1 aromatic heterocycles. The topological polar surface area (TPSA) is 156 Å². The van der Waals surface area contributed by atoms with Crippen molar-refractivity contribution in [3.05, 3.63) is 107 Å². The number of hydrogen-bond donors (Lipinski definition) is 5. The molecule has 1 unspecified atom stereocenters. The Morgan fingerprint density at radius 3 is 2.61 bits per heavy atom. The summed E-state index contributed by atoms with van der Waals surface area (Å²) in [5, 5.41) is 22.7. The number of aromatic nitrogens is 1. The Bertz CT molecular complexity index is 2070. The van der Waals surface area contributed by atoms with Crippen LogP contribution in [0.25, 0.3) is 11.1 Å². The number of nitrogens with zero attached hydrogens (tertiary/aromatic N) is 3. The summed E-state index contributed by atoms with van der Waals surface area (Å²) in [6.45, 7) is 2.80. The molecule has 3 aromatic carbocycles. The lowest BCUT2D eigenvalue weighted by molar-refractivity contribution is -0.137. The van der Waals surface area contributed by atoms with Crippen LogP contribution in [0.5, 0.6) is 0 Å². The Hall–Kier alpha value is -5.59. The quantitative estimate of drug-likeness (QED) is 0.0993. The number of carbonyl (C=O) groups excluding carboxylic acids is 4. The van der Waals surface area contributed by atoms with Crippen LogP contribution in [0.1, 0.15) is 71.6 Å². The molecule has 0 radical (unpaired) electrons. The Labute approximate surface area is 314 Å². The van der Waals surface area contributed by atoms with E-state index in [2.05, 4.69) is 67.5 Å². The maximum Gasteiger partial charge on any atom is 0.255 e. The number of amides is 4. The Kier molecular flexibility index (Phi) is 10.1. The number of unbranched alkanes of at least 4 members (excludes halogenated alkanes) is 1. The average Bonchev–Trinajstić information content (AvgIpc) is 3.76. The first-order valence-electron chi connectivity index (χ1n) is 18.9. The van der Waals surface area contributed by atoms with E-state index in [1.165, 1.54) is 11.1 Å². The predicted molar refractivity (Wildman–Crippen MR) is 205 cm³/mol. The summed E-state index contributed by atoms with van der Waals surface area (Å²) >= 11 is 0. The standard InChI is InChI=1S/C42H45N7O5/c50-25-36-31-16-20-48(23-26-14-18-43-19-15-26)40(31)32-22-28(10-11-35(32)46-36)27-5-3-6-29(21-27)45-38(51)9-1-2-17-44-34-8-4-7-30-33(34)24-49(42(30)54)37-12-13-39(52)47-41(37)53/h3-8,10-11,14-15,18-19,21-22,31,36-37,40,44,46,50H,1-2,9,12-13,16-17,20,23-25H2,(H,45,51)(H,47,52,53)/t31-,36-,37?,40-/m1/s1. The van der Waals surface area contributed by atoms with Gasteiger partial charge < -0.3 is 26.0 Å². The second-order valence-corrected chi connectivity index (χ2v) is 14.7. The van der Waals surface area contributed by atoms with Crippen LogP contribution in [-0.2, 0) is 27.5 Å². The highest BCUT2D eigenvalue weighted by molar-refractivity contribution is 6.06. The highest BCUT2D eigenvalue weighted by Crippen LogP contribution is 2.48. The van der Waals surface area contributed by atoms with Crippen LogP contribution in [-0.4, -0.2) is 75.3 Å². The van der Waals surface area contributed by atoms with Gasteiger partial charge in [-0.2, -0.15) is 0 Å². The molecule has 8 rings (SSSR count). The number of pyridine rings is 1. The zero-order valence-corrected chi connectivity index (χ0v) is 30.1. The molecule has 0 saturated carbocycles. The lowest BCUT2D eigenvalue weighted by atomic mass is 9.82. The second kappa shape index (κ2) is 15.4. The van der Waals surface area contributed by atoms with Crippen molar-refractivity contribution in [3.8, 4) is 11.1 Å². The molecule has 0 aliphatic carbocycles. The Morgan fingerprint density at radius 1 is 0.944 bits per heavy atom. The monoisotopic (exact) mass is 727 g/mol. The van der Waals surface area contributed by atoms with Gasteiger partial charge in [0.05, 0.1) is 12.6 Å². The summed E-state index contributed by atoms with van der Waals surface area (Å²) in [5.41, 5.74) is 8.60. The summed E-state index contributed by atoms with van der Waals surface area (Å²) in [7, 11) is 0. The number of aliphatic hydroxyl groups is 1. The van der Waals surface area contributed by atoms with Crippen LogP contribution in [0.3, 0.4) is 0 Å². The molecule has 2 saturated heterocycles. The van der Waals surface area contributed by atoms with Crippen LogP contribution in [0, 0.1) is 5.92 Å². The molecule has 54 heavy (non-hydrogen) atoms. The minimum Gasteiger partial charge on any atom is -0.394 e. The fraction of sp³-hybridized carbons (Fsp3) is 0.357. The van der Waals surface area contributed by atoms with E-state index in [-0.39, 0.29) is 42.8 Å². The van der Waals surface area contributed by atoms with E-state index in [4.69, 9.17) is 0 Å². The first-order valence-corrected chi connectivity index (χ1v) is 18.9. The summed E-state index contributed by atoms with van der Waals surface area (Å²) in [6, 6.07) is 23.6. The van der Waals surface area contributed by atoms with Gasteiger partial charge in [-0.25, -0.2) is 0 Å². The van der Waals surface area contributed by atoms with Gasteiger partial charge in [-0.05, 0) is 103 Å². The van der Waals surface area contributed by atoms with Crippen LogP contribution in [0.15, 0.2) is 85.2 Å². The maximum atomic E-state index is 13.1.